The van der Waals surface area contributed by atoms with Gasteiger partial charge in [-0.3, -0.25) is 0 Å². The number of hydrogen-bond donors (Lipinski definition) is 1. The highest BCUT2D eigenvalue weighted by Gasteiger charge is 2.43. The molecule has 1 aromatic rings. The molecule has 70 valence electrons. The number of hydrogen-bond acceptors (Lipinski definition) is 1. The molecule has 1 aliphatic carbocycles. The van der Waals surface area contributed by atoms with Gasteiger partial charge in [-0.05, 0) is 36.6 Å². The van der Waals surface area contributed by atoms with Gasteiger partial charge in [0.1, 0.15) is 5.82 Å². The monoisotopic (exact) mass is 243 g/mol. The van der Waals surface area contributed by atoms with Gasteiger partial charge >= 0.3 is 0 Å². The maximum atomic E-state index is 13.1. The third kappa shape index (κ3) is 1.63. The van der Waals surface area contributed by atoms with Crippen molar-refractivity contribution in [2.45, 2.75) is 18.3 Å². The molecular formula is C10H11BrFN. The van der Waals surface area contributed by atoms with Crippen LogP contribution in [0.25, 0.3) is 0 Å². The van der Waals surface area contributed by atoms with Gasteiger partial charge in [0.2, 0.25) is 0 Å². The van der Waals surface area contributed by atoms with Crippen LogP contribution in [-0.4, -0.2) is 6.54 Å². The van der Waals surface area contributed by atoms with Crippen molar-refractivity contribution in [1.29, 1.82) is 0 Å². The third-order valence-corrected chi connectivity index (χ3v) is 3.18. The molecule has 2 N–H and O–H groups in total. The van der Waals surface area contributed by atoms with E-state index < -0.39 is 0 Å². The zero-order valence-corrected chi connectivity index (χ0v) is 8.77. The number of rotatable bonds is 2. The number of halogens is 2. The standard InChI is InChI=1S/C10H11BrFN/c11-8-3-7(4-9(12)5-8)10(6-13)1-2-10/h3-5H,1-2,6,13H2. The van der Waals surface area contributed by atoms with Crippen LogP contribution in [0, 0.1) is 5.82 Å². The smallest absolute Gasteiger partial charge is 0.124 e. The summed E-state index contributed by atoms with van der Waals surface area (Å²) in [7, 11) is 0. The molecule has 2 rings (SSSR count). The summed E-state index contributed by atoms with van der Waals surface area (Å²) >= 11 is 3.28. The Morgan fingerprint density at radius 2 is 2.08 bits per heavy atom. The van der Waals surface area contributed by atoms with Crippen molar-refractivity contribution in [3.8, 4) is 0 Å². The molecule has 1 saturated carbocycles. The fraction of sp³-hybridized carbons (Fsp3) is 0.400. The van der Waals surface area contributed by atoms with Crippen LogP contribution in [0.1, 0.15) is 18.4 Å². The van der Waals surface area contributed by atoms with Gasteiger partial charge in [-0.15, -0.1) is 0 Å². The lowest BCUT2D eigenvalue weighted by Gasteiger charge is -2.12. The van der Waals surface area contributed by atoms with E-state index in [9.17, 15) is 4.39 Å². The van der Waals surface area contributed by atoms with E-state index in [0.717, 1.165) is 22.9 Å². The van der Waals surface area contributed by atoms with Crippen LogP contribution in [0.4, 0.5) is 4.39 Å². The molecule has 0 atom stereocenters. The van der Waals surface area contributed by atoms with Crippen LogP contribution in [0.15, 0.2) is 22.7 Å². The van der Waals surface area contributed by atoms with Crippen molar-refractivity contribution in [2.24, 2.45) is 5.73 Å². The molecule has 0 unspecified atom stereocenters. The van der Waals surface area contributed by atoms with Crippen LogP contribution in [0.3, 0.4) is 0 Å². The third-order valence-electron chi connectivity index (χ3n) is 2.72. The van der Waals surface area contributed by atoms with E-state index in [-0.39, 0.29) is 11.2 Å². The summed E-state index contributed by atoms with van der Waals surface area (Å²) in [6.07, 6.45) is 2.17. The van der Waals surface area contributed by atoms with Crippen LogP contribution >= 0.6 is 15.9 Å². The molecule has 0 amide bonds. The first-order valence-corrected chi connectivity index (χ1v) is 5.12. The summed E-state index contributed by atoms with van der Waals surface area (Å²) < 4.78 is 13.8. The van der Waals surface area contributed by atoms with Crippen molar-refractivity contribution >= 4 is 15.9 Å². The highest BCUT2D eigenvalue weighted by Crippen LogP contribution is 2.47. The highest BCUT2D eigenvalue weighted by atomic mass is 79.9. The molecule has 0 spiro atoms. The fourth-order valence-electron chi connectivity index (χ4n) is 1.62. The Morgan fingerprint density at radius 3 is 2.54 bits per heavy atom. The van der Waals surface area contributed by atoms with Crippen molar-refractivity contribution in [3.05, 3.63) is 34.1 Å². The predicted octanol–water partition coefficient (Wildman–Crippen LogP) is 2.58. The van der Waals surface area contributed by atoms with Crippen LogP contribution in [0.2, 0.25) is 0 Å². The zero-order valence-electron chi connectivity index (χ0n) is 7.19. The minimum atomic E-state index is -0.191. The van der Waals surface area contributed by atoms with Gasteiger partial charge in [-0.25, -0.2) is 4.39 Å². The summed E-state index contributed by atoms with van der Waals surface area (Å²) in [5, 5.41) is 0. The molecule has 3 heteroatoms. The van der Waals surface area contributed by atoms with E-state index in [0.29, 0.717) is 6.54 Å². The minimum Gasteiger partial charge on any atom is -0.330 e. The minimum absolute atomic E-state index is 0.0740. The van der Waals surface area contributed by atoms with E-state index in [2.05, 4.69) is 15.9 Å². The summed E-state index contributed by atoms with van der Waals surface area (Å²) in [5.41, 5.74) is 6.77. The summed E-state index contributed by atoms with van der Waals surface area (Å²) in [5.74, 6) is -0.191. The Balaban J connectivity index is 2.40. The van der Waals surface area contributed by atoms with Crippen molar-refractivity contribution < 1.29 is 4.39 Å². The van der Waals surface area contributed by atoms with Gasteiger partial charge in [0, 0.05) is 16.4 Å². The SMILES string of the molecule is NCC1(c2cc(F)cc(Br)c2)CC1. The maximum Gasteiger partial charge on any atom is 0.124 e. The molecule has 0 heterocycles. The predicted molar refractivity (Wildman–Crippen MR) is 54.1 cm³/mol. The summed E-state index contributed by atoms with van der Waals surface area (Å²) in [6.45, 7) is 0.614. The first kappa shape index (κ1) is 9.16. The second-order valence-electron chi connectivity index (χ2n) is 3.64. The van der Waals surface area contributed by atoms with E-state index in [1.165, 1.54) is 6.07 Å². The largest absolute Gasteiger partial charge is 0.330 e. The molecular weight excluding hydrogens is 233 g/mol. The molecule has 0 saturated heterocycles. The van der Waals surface area contributed by atoms with E-state index in [1.54, 1.807) is 6.07 Å². The molecule has 1 aliphatic rings. The molecule has 0 aliphatic heterocycles. The van der Waals surface area contributed by atoms with Gasteiger partial charge < -0.3 is 5.73 Å². The van der Waals surface area contributed by atoms with Gasteiger partial charge in [0.15, 0.2) is 0 Å². The maximum absolute atomic E-state index is 13.1. The highest BCUT2D eigenvalue weighted by molar-refractivity contribution is 9.10. The average Bonchev–Trinajstić information content (AvgIpc) is 2.82. The van der Waals surface area contributed by atoms with Gasteiger partial charge in [0.05, 0.1) is 0 Å². The van der Waals surface area contributed by atoms with Crippen LogP contribution in [0.5, 0.6) is 0 Å². The van der Waals surface area contributed by atoms with Gasteiger partial charge in [-0.2, -0.15) is 0 Å². The van der Waals surface area contributed by atoms with Crippen molar-refractivity contribution in [3.63, 3.8) is 0 Å². The summed E-state index contributed by atoms with van der Waals surface area (Å²) in [4.78, 5) is 0. The lowest BCUT2D eigenvalue weighted by molar-refractivity contribution is 0.615. The van der Waals surface area contributed by atoms with Gasteiger partial charge in [-0.1, -0.05) is 15.9 Å². The Labute approximate surface area is 85.3 Å². The van der Waals surface area contributed by atoms with E-state index in [4.69, 9.17) is 5.73 Å². The second-order valence-corrected chi connectivity index (χ2v) is 4.56. The Kier molecular flexibility index (Phi) is 2.16. The second kappa shape index (κ2) is 3.07. The van der Waals surface area contributed by atoms with E-state index in [1.807, 2.05) is 6.07 Å². The average molecular weight is 244 g/mol. The Bertz CT molecular complexity index is 313. The lowest BCUT2D eigenvalue weighted by atomic mass is 9.96. The topological polar surface area (TPSA) is 26.0 Å². The van der Waals surface area contributed by atoms with E-state index >= 15 is 0 Å². The molecule has 0 radical (unpaired) electrons. The molecule has 0 bridgehead atoms. The zero-order chi connectivity index (χ0) is 9.47. The number of nitrogens with two attached hydrogens (primary N) is 1. The van der Waals surface area contributed by atoms with Crippen molar-refractivity contribution in [2.75, 3.05) is 6.54 Å². The number of benzene rings is 1. The molecule has 13 heavy (non-hydrogen) atoms. The first-order valence-electron chi connectivity index (χ1n) is 4.33. The first-order chi connectivity index (χ1) is 6.16. The Morgan fingerprint density at radius 1 is 1.38 bits per heavy atom. The molecule has 0 aromatic heterocycles. The molecule has 1 fully saturated rings. The van der Waals surface area contributed by atoms with Crippen molar-refractivity contribution in [1.82, 2.24) is 0 Å². The molecule has 1 nitrogen and oxygen atoms in total. The Hall–Kier alpha value is -0.410. The summed E-state index contributed by atoms with van der Waals surface area (Å²) in [6, 6.07) is 5.02. The van der Waals surface area contributed by atoms with Crippen LogP contribution in [-0.2, 0) is 5.41 Å². The molecule has 1 aromatic carbocycles. The van der Waals surface area contributed by atoms with Gasteiger partial charge in [0.25, 0.3) is 0 Å². The van der Waals surface area contributed by atoms with Crippen LogP contribution < -0.4 is 5.73 Å². The fourth-order valence-corrected chi connectivity index (χ4v) is 2.09. The normalized spacial score (nSPS) is 18.7. The lowest BCUT2D eigenvalue weighted by Crippen LogP contribution is -2.19. The quantitative estimate of drug-likeness (QED) is 0.850.